The highest BCUT2D eigenvalue weighted by atomic mass is 79.9. The van der Waals surface area contributed by atoms with Crippen LogP contribution in [0.4, 0.5) is 15.3 Å². The van der Waals surface area contributed by atoms with E-state index in [1.165, 1.54) is 0 Å². The molecule has 13 heteroatoms. The first-order valence-corrected chi connectivity index (χ1v) is 18.1. The third-order valence-electron chi connectivity index (χ3n) is 10.5. The molecule has 6 rings (SSSR count). The second-order valence-corrected chi connectivity index (χ2v) is 14.9. The summed E-state index contributed by atoms with van der Waals surface area (Å²) in [5, 5.41) is 13.2. The van der Waals surface area contributed by atoms with Gasteiger partial charge in [-0.25, -0.2) is 9.59 Å². The molecule has 3 fully saturated rings. The number of piperidine rings is 2. The number of anilines is 1. The Hall–Kier alpha value is -2.71. The van der Waals surface area contributed by atoms with Gasteiger partial charge in [-0.2, -0.15) is 0 Å². The van der Waals surface area contributed by atoms with E-state index < -0.39 is 11.8 Å². The summed E-state index contributed by atoms with van der Waals surface area (Å²) < 4.78 is 6.91. The number of likely N-dealkylation sites (N-methyl/N-ethyl adjacent to an activating group) is 1. The van der Waals surface area contributed by atoms with Crippen LogP contribution in [0.2, 0.25) is 0 Å². The monoisotopic (exact) mass is 774 g/mol. The van der Waals surface area contributed by atoms with Gasteiger partial charge in [0, 0.05) is 83.0 Å². The second-order valence-electron chi connectivity index (χ2n) is 13.2. The lowest BCUT2D eigenvalue weighted by Gasteiger charge is -2.57. The molecule has 2 aromatic rings. The Bertz CT molecular complexity index is 1440. The molecule has 2 atom stereocenters. The van der Waals surface area contributed by atoms with E-state index in [4.69, 9.17) is 4.74 Å². The number of amides is 3. The highest BCUT2D eigenvalue weighted by molar-refractivity contribution is 9.11. The van der Waals surface area contributed by atoms with Gasteiger partial charge in [0.05, 0.1) is 8.95 Å². The van der Waals surface area contributed by atoms with Crippen LogP contribution < -0.4 is 5.32 Å². The number of carbonyl (C=O) groups is 3. The first-order chi connectivity index (χ1) is 22.7. The number of phenolic OH excluding ortho intramolecular Hbond substituents is 1. The van der Waals surface area contributed by atoms with E-state index in [0.717, 1.165) is 76.1 Å². The average molecular weight is 777 g/mol. The van der Waals surface area contributed by atoms with E-state index in [0.29, 0.717) is 46.5 Å². The Morgan fingerprint density at radius 3 is 2.38 bits per heavy atom. The predicted molar refractivity (Wildman–Crippen MR) is 186 cm³/mol. The number of aromatic hydroxyl groups is 1. The number of halogens is 2. The number of nitrogens with one attached hydrogen (secondary N) is 1. The molecule has 4 aliphatic rings. The van der Waals surface area contributed by atoms with Gasteiger partial charge in [-0.15, -0.1) is 0 Å². The number of urea groups is 1. The minimum atomic E-state index is -0.926. The molecule has 11 nitrogen and oxygen atoms in total. The van der Waals surface area contributed by atoms with Crippen LogP contribution in [0.15, 0.2) is 45.3 Å². The summed E-state index contributed by atoms with van der Waals surface area (Å²) in [6, 6.07) is 11.5. The Kier molecular flexibility index (Phi) is 10.8. The van der Waals surface area contributed by atoms with Gasteiger partial charge in [-0.1, -0.05) is 18.2 Å². The number of fused-ring (bicyclic) bond motifs is 1. The van der Waals surface area contributed by atoms with Crippen molar-refractivity contribution in [1.29, 1.82) is 0 Å². The smallest absolute Gasteiger partial charge is 0.411 e. The number of para-hydroxylation sites is 1. The van der Waals surface area contributed by atoms with Crippen LogP contribution in [-0.4, -0.2) is 125 Å². The van der Waals surface area contributed by atoms with Crippen LogP contribution in [0.5, 0.6) is 5.75 Å². The standard InChI is InChI=1S/C34H44Br2N6O5/c1-38-15-17-39(18-16-38)26-7-11-40(12-8-26)34(10-19-43)22-27(41-13-6-25-4-2-3-5-30(25)37-32(41)45)9-14-42(34)33(46)47-23-24-20-28(35)31(44)29(36)21-24/h2-5,19-21,26-27,44H,6-18,22-23H2,1H3,(H,37,45)/t27-,34+/m1/s1. The minimum Gasteiger partial charge on any atom is -0.506 e. The highest BCUT2D eigenvalue weighted by Gasteiger charge is 2.52. The molecule has 3 saturated heterocycles. The molecular weight excluding hydrogens is 732 g/mol. The quantitative estimate of drug-likeness (QED) is 0.374. The Morgan fingerprint density at radius 1 is 1.00 bits per heavy atom. The van der Waals surface area contributed by atoms with Crippen LogP contribution in [0.3, 0.4) is 0 Å². The summed E-state index contributed by atoms with van der Waals surface area (Å²) in [6.07, 6.45) is 4.23. The summed E-state index contributed by atoms with van der Waals surface area (Å²) in [5.74, 6) is 0.0766. The molecule has 0 radical (unpaired) electrons. The fraction of sp³-hybridized carbons (Fsp3) is 0.559. The van der Waals surface area contributed by atoms with Crippen molar-refractivity contribution < 1.29 is 24.2 Å². The first-order valence-electron chi connectivity index (χ1n) is 16.6. The molecule has 4 heterocycles. The first kappa shape index (κ1) is 34.2. The van der Waals surface area contributed by atoms with Gasteiger partial charge in [0.15, 0.2) is 0 Å². The number of hydrogen-bond acceptors (Lipinski definition) is 8. The van der Waals surface area contributed by atoms with Gasteiger partial charge >= 0.3 is 12.1 Å². The minimum absolute atomic E-state index is 0.00564. The van der Waals surface area contributed by atoms with Gasteiger partial charge in [-0.3, -0.25) is 14.7 Å². The largest absolute Gasteiger partial charge is 0.506 e. The van der Waals surface area contributed by atoms with Crippen molar-refractivity contribution in [2.75, 3.05) is 64.7 Å². The molecule has 4 aliphatic heterocycles. The summed E-state index contributed by atoms with van der Waals surface area (Å²) in [6.45, 7) is 6.65. The summed E-state index contributed by atoms with van der Waals surface area (Å²) in [5.41, 5.74) is 1.71. The lowest BCUT2D eigenvalue weighted by atomic mass is 9.84. The van der Waals surface area contributed by atoms with Gasteiger partial charge in [0.2, 0.25) is 0 Å². The van der Waals surface area contributed by atoms with Crippen molar-refractivity contribution in [3.63, 3.8) is 0 Å². The molecule has 0 unspecified atom stereocenters. The number of phenols is 1. The SMILES string of the molecule is CN1CCN(C2CCN([C@]3(CC=O)C[C@H](N4CCc5ccccc5NC4=O)CCN3C(=O)OCc3cc(Br)c(O)c(Br)c3)CC2)CC1. The Morgan fingerprint density at radius 2 is 1.68 bits per heavy atom. The van der Waals surface area contributed by atoms with Gasteiger partial charge in [0.25, 0.3) is 0 Å². The van der Waals surface area contributed by atoms with Crippen LogP contribution in [-0.2, 0) is 22.6 Å². The highest BCUT2D eigenvalue weighted by Crippen LogP contribution is 2.40. The predicted octanol–water partition coefficient (Wildman–Crippen LogP) is 5.11. The molecule has 47 heavy (non-hydrogen) atoms. The summed E-state index contributed by atoms with van der Waals surface area (Å²) >= 11 is 6.70. The summed E-state index contributed by atoms with van der Waals surface area (Å²) in [4.78, 5) is 51.1. The van der Waals surface area contributed by atoms with Crippen molar-refractivity contribution in [2.45, 2.75) is 62.9 Å². The topological polar surface area (TPSA) is 109 Å². The van der Waals surface area contributed by atoms with Crippen molar-refractivity contribution >= 4 is 56.0 Å². The third kappa shape index (κ3) is 7.34. The third-order valence-corrected chi connectivity index (χ3v) is 11.7. The molecular formula is C34H44Br2N6O5. The van der Waals surface area contributed by atoms with Crippen LogP contribution in [0.1, 0.15) is 43.2 Å². The van der Waals surface area contributed by atoms with E-state index in [-0.39, 0.29) is 30.9 Å². The lowest BCUT2D eigenvalue weighted by molar-refractivity contribution is -0.128. The van der Waals surface area contributed by atoms with E-state index in [2.05, 4.69) is 58.9 Å². The maximum absolute atomic E-state index is 14.0. The molecule has 2 N–H and O–H groups in total. The Balaban J connectivity index is 1.24. The van der Waals surface area contributed by atoms with Gasteiger partial charge in [0.1, 0.15) is 24.3 Å². The molecule has 0 spiro atoms. The van der Waals surface area contributed by atoms with Crippen LogP contribution >= 0.6 is 31.9 Å². The number of nitrogens with zero attached hydrogens (tertiary/aromatic N) is 5. The normalized spacial score (nSPS) is 25.2. The number of likely N-dealkylation sites (tertiary alicyclic amines) is 2. The summed E-state index contributed by atoms with van der Waals surface area (Å²) in [7, 11) is 2.17. The fourth-order valence-electron chi connectivity index (χ4n) is 7.86. The van der Waals surface area contributed by atoms with E-state index in [1.807, 2.05) is 29.2 Å². The molecule has 0 aromatic heterocycles. The van der Waals surface area contributed by atoms with Crippen LogP contribution in [0, 0.1) is 0 Å². The number of ether oxygens (including phenoxy) is 1. The number of carbonyl (C=O) groups excluding carboxylic acids is 3. The maximum Gasteiger partial charge on any atom is 0.411 e. The molecule has 2 aromatic carbocycles. The molecule has 0 bridgehead atoms. The molecule has 254 valence electrons. The molecule has 0 aliphatic carbocycles. The number of piperazine rings is 1. The maximum atomic E-state index is 14.0. The molecule has 0 saturated carbocycles. The van der Waals surface area contributed by atoms with E-state index in [1.54, 1.807) is 17.0 Å². The van der Waals surface area contributed by atoms with Crippen molar-refractivity contribution in [3.8, 4) is 5.75 Å². The van der Waals surface area contributed by atoms with Gasteiger partial charge in [-0.05, 0) is 93.9 Å². The van der Waals surface area contributed by atoms with E-state index >= 15 is 0 Å². The van der Waals surface area contributed by atoms with E-state index in [9.17, 15) is 19.5 Å². The average Bonchev–Trinajstić information content (AvgIpc) is 3.24. The number of benzene rings is 2. The number of aldehydes is 1. The fourth-order valence-corrected chi connectivity index (χ4v) is 9.14. The zero-order valence-corrected chi connectivity index (χ0v) is 30.0. The second kappa shape index (κ2) is 14.8. The number of hydrogen-bond donors (Lipinski definition) is 2. The van der Waals surface area contributed by atoms with Crippen molar-refractivity contribution in [1.82, 2.24) is 24.5 Å². The number of rotatable bonds is 7. The molecule has 3 amide bonds. The Labute approximate surface area is 293 Å². The van der Waals surface area contributed by atoms with Gasteiger partial charge < -0.3 is 29.8 Å². The zero-order chi connectivity index (χ0) is 33.1. The van der Waals surface area contributed by atoms with Crippen molar-refractivity contribution in [2.24, 2.45) is 0 Å². The van der Waals surface area contributed by atoms with Crippen molar-refractivity contribution in [3.05, 3.63) is 56.5 Å². The lowest BCUT2D eigenvalue weighted by Crippen LogP contribution is -2.70. The van der Waals surface area contributed by atoms with Crippen LogP contribution in [0.25, 0.3) is 0 Å². The zero-order valence-electron chi connectivity index (χ0n) is 26.9.